The first kappa shape index (κ1) is 16.4. The zero-order chi connectivity index (χ0) is 16.8. The van der Waals surface area contributed by atoms with Gasteiger partial charge in [-0.2, -0.15) is 0 Å². The third-order valence-electron chi connectivity index (χ3n) is 3.70. The number of nitrogens with one attached hydrogen (secondary N) is 2. The van der Waals surface area contributed by atoms with Crippen molar-refractivity contribution < 1.29 is 9.59 Å². The van der Waals surface area contributed by atoms with Gasteiger partial charge < -0.3 is 10.6 Å². The van der Waals surface area contributed by atoms with E-state index in [1.54, 1.807) is 11.6 Å². The fraction of sp³-hybridized carbons (Fsp3) is 0.278. The summed E-state index contributed by atoms with van der Waals surface area (Å²) in [4.78, 5) is 28.6. The molecule has 0 aliphatic heterocycles. The molecule has 1 atom stereocenters. The molecule has 1 saturated carbocycles. The van der Waals surface area contributed by atoms with E-state index >= 15 is 0 Å². The van der Waals surface area contributed by atoms with Crippen LogP contribution in [0.1, 0.15) is 24.1 Å². The molecular weight excluding hydrogens is 322 g/mol. The molecule has 124 valence electrons. The molecule has 1 heterocycles. The van der Waals surface area contributed by atoms with Crippen LogP contribution in [-0.4, -0.2) is 28.9 Å². The topological polar surface area (TPSA) is 71.1 Å². The lowest BCUT2D eigenvalue weighted by Crippen LogP contribution is -2.48. The minimum absolute atomic E-state index is 0.128. The number of rotatable bonds is 7. The molecule has 1 aliphatic rings. The monoisotopic (exact) mass is 341 g/mol. The first-order valence-electron chi connectivity index (χ1n) is 7.92. The first-order chi connectivity index (χ1) is 11.7. The highest BCUT2D eigenvalue weighted by Crippen LogP contribution is 2.19. The average molecular weight is 341 g/mol. The molecule has 6 heteroatoms. The third kappa shape index (κ3) is 5.03. The molecule has 2 aromatic rings. The SMILES string of the molecule is O=C(C=Cc1cscn1)NC(Cc1ccccc1)C(=O)NC1CC1. The summed E-state index contributed by atoms with van der Waals surface area (Å²) in [5, 5.41) is 7.61. The number of nitrogens with zero attached hydrogens (tertiary/aromatic N) is 1. The van der Waals surface area contributed by atoms with Gasteiger partial charge in [0.05, 0.1) is 11.2 Å². The molecular formula is C18H19N3O2S. The van der Waals surface area contributed by atoms with Crippen molar-refractivity contribution in [3.05, 3.63) is 58.6 Å². The Morgan fingerprint density at radius 3 is 2.75 bits per heavy atom. The van der Waals surface area contributed by atoms with Crippen LogP contribution in [-0.2, 0) is 16.0 Å². The van der Waals surface area contributed by atoms with Gasteiger partial charge in [-0.1, -0.05) is 30.3 Å². The van der Waals surface area contributed by atoms with Gasteiger partial charge in [0.15, 0.2) is 0 Å². The van der Waals surface area contributed by atoms with Crippen LogP contribution in [0.2, 0.25) is 0 Å². The summed E-state index contributed by atoms with van der Waals surface area (Å²) in [6.45, 7) is 0. The summed E-state index contributed by atoms with van der Waals surface area (Å²) in [5.74, 6) is -0.424. The minimum Gasteiger partial charge on any atom is -0.352 e. The molecule has 1 fully saturated rings. The first-order valence-corrected chi connectivity index (χ1v) is 8.86. The quantitative estimate of drug-likeness (QED) is 0.758. The lowest BCUT2D eigenvalue weighted by Gasteiger charge is -2.17. The molecule has 1 unspecified atom stereocenters. The van der Waals surface area contributed by atoms with Crippen molar-refractivity contribution in [3.8, 4) is 0 Å². The van der Waals surface area contributed by atoms with E-state index < -0.39 is 6.04 Å². The number of aromatic nitrogens is 1. The predicted molar refractivity (Wildman–Crippen MR) is 94.4 cm³/mol. The molecule has 1 aromatic carbocycles. The zero-order valence-electron chi connectivity index (χ0n) is 13.1. The Kier molecular flexibility index (Phi) is 5.38. The van der Waals surface area contributed by atoms with Crippen LogP contribution in [0.5, 0.6) is 0 Å². The minimum atomic E-state index is -0.583. The molecule has 0 spiro atoms. The number of carbonyl (C=O) groups is 2. The number of amides is 2. The van der Waals surface area contributed by atoms with Crippen LogP contribution in [0.3, 0.4) is 0 Å². The largest absolute Gasteiger partial charge is 0.352 e. The van der Waals surface area contributed by atoms with Gasteiger partial charge in [-0.25, -0.2) is 4.98 Å². The van der Waals surface area contributed by atoms with Crippen molar-refractivity contribution in [2.45, 2.75) is 31.3 Å². The molecule has 2 N–H and O–H groups in total. The van der Waals surface area contributed by atoms with Crippen molar-refractivity contribution in [3.63, 3.8) is 0 Å². The number of thiazole rings is 1. The fourth-order valence-electron chi connectivity index (χ4n) is 2.27. The number of carbonyl (C=O) groups excluding carboxylic acids is 2. The lowest BCUT2D eigenvalue weighted by molar-refractivity contribution is -0.127. The predicted octanol–water partition coefficient (Wildman–Crippen LogP) is 2.16. The summed E-state index contributed by atoms with van der Waals surface area (Å²) in [6.07, 6.45) is 5.56. The van der Waals surface area contributed by atoms with E-state index in [1.165, 1.54) is 17.4 Å². The molecule has 1 aromatic heterocycles. The van der Waals surface area contributed by atoms with Gasteiger partial charge in [-0.15, -0.1) is 11.3 Å². The molecule has 1 aliphatic carbocycles. The Bertz CT molecular complexity index is 709. The second-order valence-electron chi connectivity index (χ2n) is 5.78. The highest BCUT2D eigenvalue weighted by atomic mass is 32.1. The Labute approximate surface area is 144 Å². The smallest absolute Gasteiger partial charge is 0.244 e. The summed E-state index contributed by atoms with van der Waals surface area (Å²) in [5.41, 5.74) is 3.45. The Morgan fingerprint density at radius 2 is 2.08 bits per heavy atom. The van der Waals surface area contributed by atoms with Gasteiger partial charge in [0.25, 0.3) is 0 Å². The van der Waals surface area contributed by atoms with Crippen molar-refractivity contribution in [2.24, 2.45) is 0 Å². The van der Waals surface area contributed by atoms with E-state index in [4.69, 9.17) is 0 Å². The Balaban J connectivity index is 1.64. The fourth-order valence-corrected chi connectivity index (χ4v) is 2.80. The Hall–Kier alpha value is -2.47. The van der Waals surface area contributed by atoms with Crippen LogP contribution < -0.4 is 10.6 Å². The number of benzene rings is 1. The van der Waals surface area contributed by atoms with Crippen molar-refractivity contribution in [1.29, 1.82) is 0 Å². The molecule has 0 radical (unpaired) electrons. The molecule has 3 rings (SSSR count). The molecule has 24 heavy (non-hydrogen) atoms. The van der Waals surface area contributed by atoms with Gasteiger partial charge >= 0.3 is 0 Å². The zero-order valence-corrected chi connectivity index (χ0v) is 14.0. The van der Waals surface area contributed by atoms with Gasteiger partial charge in [0.2, 0.25) is 11.8 Å². The van der Waals surface area contributed by atoms with Crippen LogP contribution in [0.4, 0.5) is 0 Å². The van der Waals surface area contributed by atoms with Crippen molar-refractivity contribution in [2.75, 3.05) is 0 Å². The van der Waals surface area contributed by atoms with E-state index in [1.807, 2.05) is 35.7 Å². The average Bonchev–Trinajstić information content (AvgIpc) is 3.24. The standard InChI is InChI=1S/C18H19N3O2S/c22-17(9-8-15-11-24-12-19-15)21-16(18(23)20-14-6-7-14)10-13-4-2-1-3-5-13/h1-5,8-9,11-12,14,16H,6-7,10H2,(H,20,23)(H,21,22). The second kappa shape index (κ2) is 7.88. The maximum Gasteiger partial charge on any atom is 0.244 e. The molecule has 2 amide bonds. The summed E-state index contributed by atoms with van der Waals surface area (Å²) in [6, 6.07) is 9.37. The van der Waals surface area contributed by atoms with Crippen LogP contribution in [0, 0.1) is 0 Å². The van der Waals surface area contributed by atoms with Crippen molar-refractivity contribution in [1.82, 2.24) is 15.6 Å². The van der Waals surface area contributed by atoms with Crippen LogP contribution >= 0.6 is 11.3 Å². The van der Waals surface area contributed by atoms with Crippen LogP contribution in [0.15, 0.2) is 47.3 Å². The number of hydrogen-bond acceptors (Lipinski definition) is 4. The van der Waals surface area contributed by atoms with Crippen molar-refractivity contribution >= 4 is 29.2 Å². The normalized spacial score (nSPS) is 15.2. The Morgan fingerprint density at radius 1 is 1.29 bits per heavy atom. The highest BCUT2D eigenvalue weighted by molar-refractivity contribution is 7.07. The highest BCUT2D eigenvalue weighted by Gasteiger charge is 2.28. The lowest BCUT2D eigenvalue weighted by atomic mass is 10.1. The van der Waals surface area contributed by atoms with E-state index in [2.05, 4.69) is 15.6 Å². The molecule has 5 nitrogen and oxygen atoms in total. The van der Waals surface area contributed by atoms with Gasteiger partial charge in [-0.3, -0.25) is 9.59 Å². The van der Waals surface area contributed by atoms with Gasteiger partial charge in [0.1, 0.15) is 6.04 Å². The third-order valence-corrected chi connectivity index (χ3v) is 4.30. The van der Waals surface area contributed by atoms with E-state index in [9.17, 15) is 9.59 Å². The number of hydrogen-bond donors (Lipinski definition) is 2. The van der Waals surface area contributed by atoms with E-state index in [-0.39, 0.29) is 17.9 Å². The summed E-state index contributed by atoms with van der Waals surface area (Å²) >= 11 is 1.47. The van der Waals surface area contributed by atoms with Gasteiger partial charge in [-0.05, 0) is 24.5 Å². The van der Waals surface area contributed by atoms with E-state index in [0.717, 1.165) is 24.1 Å². The molecule has 0 saturated heterocycles. The second-order valence-corrected chi connectivity index (χ2v) is 6.50. The summed E-state index contributed by atoms with van der Waals surface area (Å²) in [7, 11) is 0. The maximum atomic E-state index is 12.4. The van der Waals surface area contributed by atoms with Gasteiger partial charge in [0, 0.05) is 23.9 Å². The van der Waals surface area contributed by atoms with E-state index in [0.29, 0.717) is 6.42 Å². The maximum absolute atomic E-state index is 12.4. The molecule has 0 bridgehead atoms. The summed E-state index contributed by atoms with van der Waals surface area (Å²) < 4.78 is 0. The van der Waals surface area contributed by atoms with Crippen LogP contribution in [0.25, 0.3) is 6.08 Å².